The lowest BCUT2D eigenvalue weighted by Gasteiger charge is -2.19. The number of carbonyl (C=O) groups excluding carboxylic acids is 1. The summed E-state index contributed by atoms with van der Waals surface area (Å²) in [5.74, 6) is -3.15. The highest BCUT2D eigenvalue weighted by molar-refractivity contribution is 6.31. The van der Waals surface area contributed by atoms with Crippen LogP contribution in [0, 0.1) is 11.6 Å². The van der Waals surface area contributed by atoms with E-state index in [0.717, 1.165) is 23.0 Å². The molecule has 1 aliphatic rings. The Labute approximate surface area is 220 Å². The molecular formula is C25H16ClF7N4O2. The molecule has 0 bridgehead atoms. The van der Waals surface area contributed by atoms with E-state index in [1.165, 1.54) is 12.1 Å². The van der Waals surface area contributed by atoms with Crippen molar-refractivity contribution < 1.29 is 40.6 Å². The van der Waals surface area contributed by atoms with Crippen LogP contribution in [-0.4, -0.2) is 27.0 Å². The maximum absolute atomic E-state index is 14.1. The second kappa shape index (κ2) is 9.81. The minimum absolute atomic E-state index is 0.0522. The summed E-state index contributed by atoms with van der Waals surface area (Å²) in [6, 6.07) is 4.89. The van der Waals surface area contributed by atoms with E-state index >= 15 is 0 Å². The average Bonchev–Trinajstić information content (AvgIpc) is 3.40. The fraction of sp³-hybridized carbons (Fsp3) is 0.200. The Hall–Kier alpha value is -3.68. The number of hydrogen-bond donors (Lipinski definition) is 3. The van der Waals surface area contributed by atoms with Crippen LogP contribution in [-0.2, 0) is 12.7 Å². The van der Waals surface area contributed by atoms with Gasteiger partial charge in [0.1, 0.15) is 17.9 Å². The zero-order valence-corrected chi connectivity index (χ0v) is 20.1. The van der Waals surface area contributed by atoms with E-state index in [4.69, 9.17) is 11.6 Å². The molecular weight excluding hydrogens is 557 g/mol. The number of halogens is 8. The second-order valence-corrected chi connectivity index (χ2v) is 9.16. The van der Waals surface area contributed by atoms with Crippen LogP contribution in [0.4, 0.5) is 36.4 Å². The van der Waals surface area contributed by atoms with Gasteiger partial charge in [-0.3, -0.25) is 10.1 Å². The second-order valence-electron chi connectivity index (χ2n) is 8.76. The van der Waals surface area contributed by atoms with Gasteiger partial charge in [0.25, 0.3) is 12.3 Å². The highest BCUT2D eigenvalue weighted by Gasteiger charge is 2.38. The summed E-state index contributed by atoms with van der Waals surface area (Å²) in [4.78, 5) is 17.2. The average molecular weight is 573 g/mol. The molecule has 39 heavy (non-hydrogen) atoms. The number of carbonyl (C=O) groups is 1. The molecule has 2 atom stereocenters. The number of aromatic nitrogens is 2. The summed E-state index contributed by atoms with van der Waals surface area (Å²) in [6.45, 7) is -0.788. The van der Waals surface area contributed by atoms with E-state index < -0.39 is 60.1 Å². The fourth-order valence-electron chi connectivity index (χ4n) is 4.61. The molecule has 4 aromatic rings. The molecule has 3 aromatic carbocycles. The third kappa shape index (κ3) is 5.04. The number of nitrogens with zero attached hydrogens (tertiary/aromatic N) is 2. The summed E-state index contributed by atoms with van der Waals surface area (Å²) in [6.07, 6.45) is -8.11. The number of rotatable bonds is 5. The molecule has 1 aromatic heterocycles. The number of aliphatic hydroxyl groups excluding tert-OH is 1. The Morgan fingerprint density at radius 2 is 1.85 bits per heavy atom. The van der Waals surface area contributed by atoms with Crippen LogP contribution in [0.15, 0.2) is 48.8 Å². The number of aliphatic hydroxyl groups is 1. The van der Waals surface area contributed by atoms with Crippen LogP contribution in [0.2, 0.25) is 5.02 Å². The van der Waals surface area contributed by atoms with Crippen LogP contribution in [0.5, 0.6) is 0 Å². The molecule has 0 saturated heterocycles. The molecule has 5 rings (SSSR count). The predicted molar refractivity (Wildman–Crippen MR) is 126 cm³/mol. The van der Waals surface area contributed by atoms with Crippen molar-refractivity contribution in [2.75, 3.05) is 5.32 Å². The molecule has 6 nitrogen and oxygen atoms in total. The summed E-state index contributed by atoms with van der Waals surface area (Å²) >= 11 is 6.27. The first kappa shape index (κ1) is 26.9. The van der Waals surface area contributed by atoms with Crippen LogP contribution in [0.3, 0.4) is 0 Å². The Kier molecular flexibility index (Phi) is 6.77. The van der Waals surface area contributed by atoms with Gasteiger partial charge in [-0.1, -0.05) is 11.6 Å². The Morgan fingerprint density at radius 3 is 2.54 bits per heavy atom. The number of amides is 1. The van der Waals surface area contributed by atoms with E-state index in [9.17, 15) is 40.6 Å². The molecule has 0 aliphatic carbocycles. The molecule has 204 valence electrons. The van der Waals surface area contributed by atoms with Gasteiger partial charge in [0.15, 0.2) is 0 Å². The van der Waals surface area contributed by atoms with Gasteiger partial charge in [-0.25, -0.2) is 22.5 Å². The van der Waals surface area contributed by atoms with Crippen LogP contribution < -0.4 is 10.6 Å². The maximum Gasteiger partial charge on any atom is 0.416 e. The number of fused-ring (bicyclic) bond motifs is 3. The largest absolute Gasteiger partial charge is 0.416 e. The fourth-order valence-corrected chi connectivity index (χ4v) is 4.83. The first-order valence-electron chi connectivity index (χ1n) is 11.2. The normalized spacial score (nSPS) is 17.2. The van der Waals surface area contributed by atoms with E-state index in [-0.39, 0.29) is 44.5 Å². The third-order valence-electron chi connectivity index (χ3n) is 6.22. The molecule has 3 N–H and O–H groups in total. The number of anilines is 1. The summed E-state index contributed by atoms with van der Waals surface area (Å²) in [7, 11) is 0. The lowest BCUT2D eigenvalue weighted by atomic mass is 9.95. The molecule has 0 saturated carbocycles. The standard InChI is InChI=1S/C25H16ClF7N4O2/c26-15-2-1-12(27)6-14(15)21-19-16(35-23(38)10-3-11(25(31,32)33)5-13(28)4-10)7-17-22(20(19)24(39)36-21)34-9-37(17)8-18(29)30/h1-7,9,18,21,24,36,39H,8H2,(H,35,38). The first-order valence-corrected chi connectivity index (χ1v) is 11.6. The van der Waals surface area contributed by atoms with Gasteiger partial charge in [0.2, 0.25) is 0 Å². The topological polar surface area (TPSA) is 79.2 Å². The smallest absolute Gasteiger partial charge is 0.374 e. The quantitative estimate of drug-likeness (QED) is 0.249. The molecule has 1 amide bonds. The van der Waals surface area contributed by atoms with Crippen molar-refractivity contribution >= 4 is 34.2 Å². The number of hydrogen-bond acceptors (Lipinski definition) is 4. The monoisotopic (exact) mass is 572 g/mol. The molecule has 14 heteroatoms. The number of nitrogens with one attached hydrogen (secondary N) is 2. The summed E-state index contributed by atoms with van der Waals surface area (Å²) in [5, 5.41) is 16.1. The number of imidazole rings is 1. The van der Waals surface area contributed by atoms with Crippen LogP contribution in [0.1, 0.15) is 44.9 Å². The zero-order valence-electron chi connectivity index (χ0n) is 19.3. The van der Waals surface area contributed by atoms with Gasteiger partial charge in [0, 0.05) is 27.4 Å². The predicted octanol–water partition coefficient (Wildman–Crippen LogP) is 6.19. The molecule has 1 aliphatic heterocycles. The first-order chi connectivity index (χ1) is 18.3. The maximum atomic E-state index is 14.1. The zero-order chi connectivity index (χ0) is 28.2. The number of alkyl halides is 5. The van der Waals surface area contributed by atoms with E-state index in [0.29, 0.717) is 12.1 Å². The molecule has 2 heterocycles. The highest BCUT2D eigenvalue weighted by atomic mass is 35.5. The van der Waals surface area contributed by atoms with Crippen LogP contribution >= 0.6 is 11.6 Å². The van der Waals surface area contributed by atoms with Crippen molar-refractivity contribution in [3.63, 3.8) is 0 Å². The van der Waals surface area contributed by atoms with Gasteiger partial charge in [-0.2, -0.15) is 13.2 Å². The molecule has 0 radical (unpaired) electrons. The van der Waals surface area contributed by atoms with Gasteiger partial charge in [0.05, 0.1) is 35.5 Å². The van der Waals surface area contributed by atoms with Crippen molar-refractivity contribution in [3.05, 3.63) is 93.3 Å². The minimum Gasteiger partial charge on any atom is -0.374 e. The van der Waals surface area contributed by atoms with Crippen molar-refractivity contribution in [3.8, 4) is 0 Å². The molecule has 2 unspecified atom stereocenters. The minimum atomic E-state index is -4.94. The molecule has 0 fully saturated rings. The summed E-state index contributed by atoms with van der Waals surface area (Å²) < 4.78 is 95.2. The van der Waals surface area contributed by atoms with Gasteiger partial charge in [-0.15, -0.1) is 0 Å². The third-order valence-corrected chi connectivity index (χ3v) is 6.56. The van der Waals surface area contributed by atoms with Crippen molar-refractivity contribution in [1.82, 2.24) is 14.9 Å². The molecule has 0 spiro atoms. The van der Waals surface area contributed by atoms with E-state index in [2.05, 4.69) is 15.6 Å². The Bertz CT molecular complexity index is 1610. The van der Waals surface area contributed by atoms with Gasteiger partial charge >= 0.3 is 6.18 Å². The highest BCUT2D eigenvalue weighted by Crippen LogP contribution is 2.46. The summed E-state index contributed by atoms with van der Waals surface area (Å²) in [5.41, 5.74) is -1.75. The van der Waals surface area contributed by atoms with E-state index in [1.54, 1.807) is 0 Å². The SMILES string of the molecule is O=C(Nc1cc2c(ncn2CC(F)F)c2c1C(c1cc(F)ccc1Cl)NC2O)c1cc(F)cc(C(F)(F)F)c1. The van der Waals surface area contributed by atoms with Crippen molar-refractivity contribution in [2.45, 2.75) is 31.4 Å². The van der Waals surface area contributed by atoms with E-state index in [1.807, 2.05) is 0 Å². The Balaban J connectivity index is 1.69. The Morgan fingerprint density at radius 1 is 1.10 bits per heavy atom. The van der Waals surface area contributed by atoms with Gasteiger partial charge < -0.3 is 15.0 Å². The van der Waals surface area contributed by atoms with Crippen LogP contribution in [0.25, 0.3) is 11.0 Å². The number of benzene rings is 3. The van der Waals surface area contributed by atoms with Crippen molar-refractivity contribution in [2.24, 2.45) is 0 Å². The lowest BCUT2D eigenvalue weighted by molar-refractivity contribution is -0.137. The lowest BCUT2D eigenvalue weighted by Crippen LogP contribution is -2.20. The van der Waals surface area contributed by atoms with Gasteiger partial charge in [-0.05, 0) is 48.0 Å². The van der Waals surface area contributed by atoms with Crippen molar-refractivity contribution in [1.29, 1.82) is 0 Å².